The van der Waals surface area contributed by atoms with E-state index in [0.717, 1.165) is 11.8 Å². The van der Waals surface area contributed by atoms with E-state index in [9.17, 15) is 21.6 Å². The van der Waals surface area contributed by atoms with Gasteiger partial charge in [0.2, 0.25) is 0 Å². The van der Waals surface area contributed by atoms with Crippen molar-refractivity contribution < 1.29 is 21.6 Å². The standard InChI is InChI=1S/C15H19NO5S2/c1-2-8-16-15(17)13-6-4-12(5-7-13)14-11-22(18,19)9-3-10-23(14,20)21/h4-7,11H,2-3,8-10H2,1H3,(H,16,17). The number of hydrogen-bond acceptors (Lipinski definition) is 5. The molecule has 1 N–H and O–H groups in total. The second kappa shape index (κ2) is 6.84. The zero-order chi connectivity index (χ0) is 17.1. The fourth-order valence-corrected chi connectivity index (χ4v) is 5.80. The Labute approximate surface area is 136 Å². The number of rotatable bonds is 4. The summed E-state index contributed by atoms with van der Waals surface area (Å²) in [5.41, 5.74) is 0.680. The predicted octanol–water partition coefficient (Wildman–Crippen LogP) is 1.36. The third kappa shape index (κ3) is 4.42. The minimum absolute atomic E-state index is 0.0855. The van der Waals surface area contributed by atoms with Gasteiger partial charge in [0.05, 0.1) is 16.4 Å². The van der Waals surface area contributed by atoms with Gasteiger partial charge in [-0.2, -0.15) is 0 Å². The van der Waals surface area contributed by atoms with Crippen LogP contribution in [-0.2, 0) is 19.7 Å². The molecule has 0 aromatic heterocycles. The molecule has 0 aliphatic carbocycles. The highest BCUT2D eigenvalue weighted by Crippen LogP contribution is 2.27. The van der Waals surface area contributed by atoms with Crippen molar-refractivity contribution in [2.24, 2.45) is 0 Å². The molecule has 0 unspecified atom stereocenters. The van der Waals surface area contributed by atoms with E-state index in [0.29, 0.717) is 12.1 Å². The maximum Gasteiger partial charge on any atom is 0.251 e. The van der Waals surface area contributed by atoms with Gasteiger partial charge in [-0.05, 0) is 30.5 Å². The second-order valence-electron chi connectivity index (χ2n) is 5.35. The highest BCUT2D eigenvalue weighted by molar-refractivity contribution is 8.03. The average Bonchev–Trinajstić information content (AvgIpc) is 2.60. The molecule has 0 spiro atoms. The van der Waals surface area contributed by atoms with Crippen LogP contribution in [0.5, 0.6) is 0 Å². The molecule has 1 aromatic carbocycles. The Morgan fingerprint density at radius 1 is 1.09 bits per heavy atom. The summed E-state index contributed by atoms with van der Waals surface area (Å²) in [6.45, 7) is 2.49. The first-order valence-corrected chi connectivity index (χ1v) is 10.7. The molecule has 0 saturated carbocycles. The summed E-state index contributed by atoms with van der Waals surface area (Å²) in [7, 11) is -7.20. The molecule has 126 valence electrons. The quantitative estimate of drug-likeness (QED) is 0.877. The summed E-state index contributed by atoms with van der Waals surface area (Å²) in [5, 5.41) is 3.55. The predicted molar refractivity (Wildman–Crippen MR) is 89.2 cm³/mol. The molecular weight excluding hydrogens is 338 g/mol. The first kappa shape index (κ1) is 17.7. The first-order valence-electron chi connectivity index (χ1n) is 7.31. The van der Waals surface area contributed by atoms with Gasteiger partial charge in [0.1, 0.15) is 0 Å². The monoisotopic (exact) mass is 357 g/mol. The summed E-state index contributed by atoms with van der Waals surface area (Å²) in [6.07, 6.45) is 0.898. The lowest BCUT2D eigenvalue weighted by Gasteiger charge is -2.08. The average molecular weight is 357 g/mol. The van der Waals surface area contributed by atoms with Gasteiger partial charge in [0.15, 0.2) is 19.7 Å². The van der Waals surface area contributed by atoms with Gasteiger partial charge in [0.25, 0.3) is 5.91 Å². The van der Waals surface area contributed by atoms with E-state index < -0.39 is 19.7 Å². The SMILES string of the molecule is CCCNC(=O)c1ccc(C2=CS(=O)(=O)CCCS2(=O)=O)cc1. The molecule has 23 heavy (non-hydrogen) atoms. The normalized spacial score (nSPS) is 19.4. The molecule has 1 amide bonds. The number of amides is 1. The summed E-state index contributed by atoms with van der Waals surface area (Å²) >= 11 is 0. The van der Waals surface area contributed by atoms with Gasteiger partial charge in [-0.15, -0.1) is 0 Å². The van der Waals surface area contributed by atoms with Crippen LogP contribution < -0.4 is 5.32 Å². The summed E-state index contributed by atoms with van der Waals surface area (Å²) in [4.78, 5) is 11.6. The van der Waals surface area contributed by atoms with E-state index in [1.807, 2.05) is 6.92 Å². The summed E-state index contributed by atoms with van der Waals surface area (Å²) in [6, 6.07) is 5.92. The molecule has 8 heteroatoms. The van der Waals surface area contributed by atoms with Crippen LogP contribution in [0.15, 0.2) is 29.7 Å². The maximum atomic E-state index is 12.2. The Bertz CT molecular complexity index is 821. The Morgan fingerprint density at radius 2 is 1.74 bits per heavy atom. The number of carbonyl (C=O) groups is 1. The molecule has 0 radical (unpaired) electrons. The zero-order valence-electron chi connectivity index (χ0n) is 12.8. The minimum atomic E-state index is -3.65. The van der Waals surface area contributed by atoms with Gasteiger partial charge < -0.3 is 5.32 Å². The van der Waals surface area contributed by atoms with Crippen LogP contribution in [0.4, 0.5) is 0 Å². The van der Waals surface area contributed by atoms with Crippen molar-refractivity contribution in [1.29, 1.82) is 0 Å². The van der Waals surface area contributed by atoms with Crippen molar-refractivity contribution in [3.63, 3.8) is 0 Å². The molecule has 1 aliphatic rings. The number of carbonyl (C=O) groups excluding carboxylic acids is 1. The number of nitrogens with one attached hydrogen (secondary N) is 1. The molecule has 1 aromatic rings. The molecule has 0 bridgehead atoms. The Kier molecular flexibility index (Phi) is 5.26. The van der Waals surface area contributed by atoms with Gasteiger partial charge >= 0.3 is 0 Å². The van der Waals surface area contributed by atoms with E-state index in [-0.39, 0.29) is 34.3 Å². The van der Waals surface area contributed by atoms with Crippen LogP contribution >= 0.6 is 0 Å². The zero-order valence-corrected chi connectivity index (χ0v) is 14.4. The van der Waals surface area contributed by atoms with Crippen LogP contribution in [0.2, 0.25) is 0 Å². The molecule has 2 rings (SSSR count). The van der Waals surface area contributed by atoms with Crippen molar-refractivity contribution in [1.82, 2.24) is 5.32 Å². The molecule has 0 fully saturated rings. The van der Waals surface area contributed by atoms with E-state index in [1.165, 1.54) is 24.3 Å². The second-order valence-corrected chi connectivity index (χ2v) is 9.40. The van der Waals surface area contributed by atoms with E-state index in [4.69, 9.17) is 0 Å². The first-order chi connectivity index (χ1) is 10.7. The van der Waals surface area contributed by atoms with Crippen LogP contribution in [0.1, 0.15) is 35.7 Å². The minimum Gasteiger partial charge on any atom is -0.352 e. The van der Waals surface area contributed by atoms with E-state index in [2.05, 4.69) is 5.32 Å². The van der Waals surface area contributed by atoms with Crippen molar-refractivity contribution >= 4 is 30.5 Å². The molecule has 1 heterocycles. The lowest BCUT2D eigenvalue weighted by atomic mass is 10.1. The third-order valence-electron chi connectivity index (χ3n) is 3.43. The van der Waals surface area contributed by atoms with Crippen LogP contribution in [0.3, 0.4) is 0 Å². The smallest absolute Gasteiger partial charge is 0.251 e. The highest BCUT2D eigenvalue weighted by Gasteiger charge is 2.27. The lowest BCUT2D eigenvalue weighted by molar-refractivity contribution is 0.0953. The van der Waals surface area contributed by atoms with E-state index in [1.54, 1.807) is 0 Å². The number of hydrogen-bond donors (Lipinski definition) is 1. The highest BCUT2D eigenvalue weighted by atomic mass is 32.2. The lowest BCUT2D eigenvalue weighted by Crippen LogP contribution is -2.23. The van der Waals surface area contributed by atoms with Gasteiger partial charge in [-0.1, -0.05) is 19.1 Å². The summed E-state index contributed by atoms with van der Waals surface area (Å²) < 4.78 is 48.1. The fourth-order valence-electron chi connectivity index (χ4n) is 2.23. The topological polar surface area (TPSA) is 97.4 Å². The Balaban J connectivity index is 2.37. The van der Waals surface area contributed by atoms with E-state index >= 15 is 0 Å². The van der Waals surface area contributed by atoms with Crippen LogP contribution in [0, 0.1) is 0 Å². The molecule has 6 nitrogen and oxygen atoms in total. The van der Waals surface area contributed by atoms with Crippen molar-refractivity contribution in [2.45, 2.75) is 19.8 Å². The van der Waals surface area contributed by atoms with Crippen molar-refractivity contribution in [2.75, 3.05) is 18.1 Å². The van der Waals surface area contributed by atoms with Crippen molar-refractivity contribution in [3.05, 3.63) is 40.8 Å². The molecule has 0 atom stereocenters. The Morgan fingerprint density at radius 3 is 2.35 bits per heavy atom. The molecule has 1 aliphatic heterocycles. The van der Waals surface area contributed by atoms with Gasteiger partial charge in [0, 0.05) is 17.5 Å². The van der Waals surface area contributed by atoms with Crippen molar-refractivity contribution in [3.8, 4) is 0 Å². The maximum absolute atomic E-state index is 12.2. The van der Waals surface area contributed by atoms with Gasteiger partial charge in [-0.25, -0.2) is 16.8 Å². The number of benzene rings is 1. The largest absolute Gasteiger partial charge is 0.352 e. The van der Waals surface area contributed by atoms with Crippen LogP contribution in [-0.4, -0.2) is 40.8 Å². The number of sulfone groups is 2. The third-order valence-corrected chi connectivity index (χ3v) is 6.88. The van der Waals surface area contributed by atoms with Crippen LogP contribution in [0.25, 0.3) is 4.91 Å². The van der Waals surface area contributed by atoms with Gasteiger partial charge in [-0.3, -0.25) is 4.79 Å². The molecule has 0 saturated heterocycles. The molecular formula is C15H19NO5S2. The fraction of sp³-hybridized carbons (Fsp3) is 0.400. The Hall–Kier alpha value is -1.67. The summed E-state index contributed by atoms with van der Waals surface area (Å²) in [5.74, 6) is -0.618.